The number of nitrogens with zero attached hydrogens (tertiary/aromatic N) is 1. The van der Waals surface area contributed by atoms with E-state index in [0.717, 1.165) is 30.0 Å². The van der Waals surface area contributed by atoms with E-state index in [0.29, 0.717) is 12.5 Å². The second-order valence-electron chi connectivity index (χ2n) is 5.36. The molecule has 9 heteroatoms. The van der Waals surface area contributed by atoms with Crippen LogP contribution in [-0.2, 0) is 16.3 Å². The number of guanidine groups is 1. The van der Waals surface area contributed by atoms with Crippen LogP contribution in [0.4, 0.5) is 0 Å². The Labute approximate surface area is 166 Å². The molecule has 0 aliphatic carbocycles. The van der Waals surface area contributed by atoms with Crippen LogP contribution in [0.15, 0.2) is 23.2 Å². The number of hydrogen-bond donors (Lipinski definition) is 2. The van der Waals surface area contributed by atoms with Gasteiger partial charge in [-0.25, -0.2) is 8.42 Å². The molecule has 2 rings (SSSR count). The summed E-state index contributed by atoms with van der Waals surface area (Å²) in [4.78, 5) is 4.31. The molecular formula is C16H26IN3O4S. The lowest BCUT2D eigenvalue weighted by Crippen LogP contribution is -2.38. The van der Waals surface area contributed by atoms with Gasteiger partial charge in [-0.1, -0.05) is 13.0 Å². The van der Waals surface area contributed by atoms with Crippen LogP contribution in [0.1, 0.15) is 19.4 Å². The number of sulfone groups is 1. The van der Waals surface area contributed by atoms with Crippen LogP contribution in [0.5, 0.6) is 11.5 Å². The summed E-state index contributed by atoms with van der Waals surface area (Å²) < 4.78 is 33.7. The molecule has 0 bridgehead atoms. The molecule has 1 aromatic carbocycles. The topological polar surface area (TPSA) is 89.0 Å². The van der Waals surface area contributed by atoms with Gasteiger partial charge < -0.3 is 20.1 Å². The summed E-state index contributed by atoms with van der Waals surface area (Å²) in [7, 11) is -2.99. The van der Waals surface area contributed by atoms with E-state index < -0.39 is 9.84 Å². The number of hydrogen-bond acceptors (Lipinski definition) is 5. The molecule has 0 atom stereocenters. The van der Waals surface area contributed by atoms with E-state index in [1.807, 2.05) is 25.1 Å². The third-order valence-electron chi connectivity index (χ3n) is 3.60. The largest absolute Gasteiger partial charge is 0.454 e. The van der Waals surface area contributed by atoms with Gasteiger partial charge in [0, 0.05) is 18.8 Å². The lowest BCUT2D eigenvalue weighted by atomic mass is 10.1. The van der Waals surface area contributed by atoms with Crippen molar-refractivity contribution in [3.05, 3.63) is 23.8 Å². The SMILES string of the molecule is CCNC(=NCCS(=O)(=O)CC)NCCc1ccc2c(c1)OCO2.I. The highest BCUT2D eigenvalue weighted by atomic mass is 127. The Hall–Kier alpha value is -1.23. The summed E-state index contributed by atoms with van der Waals surface area (Å²) in [5.41, 5.74) is 1.14. The van der Waals surface area contributed by atoms with Crippen molar-refractivity contribution >= 4 is 39.8 Å². The monoisotopic (exact) mass is 483 g/mol. The van der Waals surface area contributed by atoms with E-state index in [2.05, 4.69) is 15.6 Å². The van der Waals surface area contributed by atoms with Crippen molar-refractivity contribution in [2.75, 3.05) is 37.9 Å². The summed E-state index contributed by atoms with van der Waals surface area (Å²) in [6.45, 7) is 5.55. The van der Waals surface area contributed by atoms with Crippen LogP contribution in [0.2, 0.25) is 0 Å². The van der Waals surface area contributed by atoms with Gasteiger partial charge in [0.25, 0.3) is 0 Å². The number of nitrogens with one attached hydrogen (secondary N) is 2. The summed E-state index contributed by atoms with van der Waals surface area (Å²) in [5, 5.41) is 6.33. The first-order chi connectivity index (χ1) is 11.5. The van der Waals surface area contributed by atoms with Crippen molar-refractivity contribution < 1.29 is 17.9 Å². The van der Waals surface area contributed by atoms with Crippen LogP contribution in [-0.4, -0.2) is 52.3 Å². The maximum absolute atomic E-state index is 11.5. The number of ether oxygens (including phenoxy) is 2. The average Bonchev–Trinajstić information content (AvgIpc) is 3.02. The van der Waals surface area contributed by atoms with Gasteiger partial charge in [-0.05, 0) is 31.0 Å². The fraction of sp³-hybridized carbons (Fsp3) is 0.562. The van der Waals surface area contributed by atoms with Crippen LogP contribution >= 0.6 is 24.0 Å². The molecule has 0 amide bonds. The van der Waals surface area contributed by atoms with E-state index in [9.17, 15) is 8.42 Å². The molecule has 142 valence electrons. The Kier molecular flexibility index (Phi) is 9.33. The smallest absolute Gasteiger partial charge is 0.231 e. The number of aliphatic imine (C=N–C) groups is 1. The van der Waals surface area contributed by atoms with E-state index >= 15 is 0 Å². The lowest BCUT2D eigenvalue weighted by molar-refractivity contribution is 0.174. The van der Waals surface area contributed by atoms with Crippen molar-refractivity contribution in [2.45, 2.75) is 20.3 Å². The molecule has 0 radical (unpaired) electrons. The van der Waals surface area contributed by atoms with Gasteiger partial charge in [0.05, 0.1) is 12.3 Å². The highest BCUT2D eigenvalue weighted by molar-refractivity contribution is 14.0. The zero-order valence-corrected chi connectivity index (χ0v) is 17.7. The maximum atomic E-state index is 11.5. The summed E-state index contributed by atoms with van der Waals surface area (Å²) in [5.74, 6) is 2.40. The van der Waals surface area contributed by atoms with Gasteiger partial charge in [-0.15, -0.1) is 24.0 Å². The molecule has 0 unspecified atom stereocenters. The summed E-state index contributed by atoms with van der Waals surface area (Å²) in [6.07, 6.45) is 0.800. The number of rotatable bonds is 8. The third kappa shape index (κ3) is 7.27. The molecule has 7 nitrogen and oxygen atoms in total. The first-order valence-electron chi connectivity index (χ1n) is 8.15. The molecule has 1 heterocycles. The second kappa shape index (κ2) is 10.7. The average molecular weight is 483 g/mol. The molecular weight excluding hydrogens is 457 g/mol. The van der Waals surface area contributed by atoms with Crippen molar-refractivity contribution in [3.8, 4) is 11.5 Å². The van der Waals surface area contributed by atoms with Gasteiger partial charge in [0.1, 0.15) is 0 Å². The van der Waals surface area contributed by atoms with Gasteiger partial charge in [-0.3, -0.25) is 4.99 Å². The Balaban J connectivity index is 0.00000312. The predicted molar refractivity (Wildman–Crippen MR) is 110 cm³/mol. The standard InChI is InChI=1S/C16H25N3O4S.HI/c1-3-17-16(19-9-10-24(20,21)4-2)18-8-7-13-5-6-14-15(11-13)23-12-22-14;/h5-6,11H,3-4,7-10,12H2,1-2H3,(H2,17,18,19);1H. The predicted octanol–water partition coefficient (Wildman–Crippen LogP) is 1.57. The number of fused-ring (bicyclic) bond motifs is 1. The summed E-state index contributed by atoms with van der Waals surface area (Å²) >= 11 is 0. The molecule has 1 aromatic rings. The fourth-order valence-electron chi connectivity index (χ4n) is 2.20. The quantitative estimate of drug-likeness (QED) is 0.332. The van der Waals surface area contributed by atoms with Crippen molar-refractivity contribution in [2.24, 2.45) is 4.99 Å². The van der Waals surface area contributed by atoms with Gasteiger partial charge in [0.2, 0.25) is 6.79 Å². The molecule has 0 aromatic heterocycles. The highest BCUT2D eigenvalue weighted by Gasteiger charge is 2.13. The minimum absolute atomic E-state index is 0. The minimum atomic E-state index is -2.99. The molecule has 0 saturated carbocycles. The van der Waals surface area contributed by atoms with Crippen molar-refractivity contribution in [1.82, 2.24) is 10.6 Å². The molecule has 25 heavy (non-hydrogen) atoms. The van der Waals surface area contributed by atoms with E-state index in [1.54, 1.807) is 6.92 Å². The zero-order valence-electron chi connectivity index (χ0n) is 14.6. The molecule has 0 spiro atoms. The Morgan fingerprint density at radius 1 is 1.20 bits per heavy atom. The van der Waals surface area contributed by atoms with Crippen molar-refractivity contribution in [3.63, 3.8) is 0 Å². The molecule has 1 aliphatic rings. The van der Waals surface area contributed by atoms with Gasteiger partial charge in [0.15, 0.2) is 27.3 Å². The Bertz CT molecular complexity index is 680. The maximum Gasteiger partial charge on any atom is 0.231 e. The molecule has 1 aliphatic heterocycles. The van der Waals surface area contributed by atoms with Crippen LogP contribution in [0.3, 0.4) is 0 Å². The van der Waals surface area contributed by atoms with E-state index in [4.69, 9.17) is 9.47 Å². The second-order valence-corrected chi connectivity index (χ2v) is 7.83. The van der Waals surface area contributed by atoms with Gasteiger partial charge >= 0.3 is 0 Å². The van der Waals surface area contributed by atoms with Crippen LogP contribution < -0.4 is 20.1 Å². The summed E-state index contributed by atoms with van der Waals surface area (Å²) in [6, 6.07) is 5.89. The third-order valence-corrected chi connectivity index (χ3v) is 5.28. The zero-order chi connectivity index (χ0) is 17.4. The normalized spacial score (nSPS) is 13.3. The van der Waals surface area contributed by atoms with E-state index in [-0.39, 0.29) is 48.8 Å². The van der Waals surface area contributed by atoms with Crippen LogP contribution in [0, 0.1) is 0 Å². The minimum Gasteiger partial charge on any atom is -0.454 e. The Morgan fingerprint density at radius 3 is 2.68 bits per heavy atom. The number of benzene rings is 1. The van der Waals surface area contributed by atoms with E-state index in [1.165, 1.54) is 0 Å². The molecule has 2 N–H and O–H groups in total. The van der Waals surface area contributed by atoms with Crippen LogP contribution in [0.25, 0.3) is 0 Å². The first-order valence-corrected chi connectivity index (χ1v) is 9.97. The first kappa shape index (κ1) is 21.8. The van der Waals surface area contributed by atoms with Gasteiger partial charge in [-0.2, -0.15) is 0 Å². The van der Waals surface area contributed by atoms with Crippen molar-refractivity contribution in [1.29, 1.82) is 0 Å². The highest BCUT2D eigenvalue weighted by Crippen LogP contribution is 2.32. The Morgan fingerprint density at radius 2 is 1.96 bits per heavy atom. The molecule has 0 saturated heterocycles. The lowest BCUT2D eigenvalue weighted by Gasteiger charge is -2.11. The number of halogens is 1. The molecule has 0 fully saturated rings. The fourth-order valence-corrected chi connectivity index (χ4v) is 2.86.